The highest BCUT2D eigenvalue weighted by molar-refractivity contribution is 5.98. The van der Waals surface area contributed by atoms with Gasteiger partial charge in [-0.1, -0.05) is 48.5 Å². The number of carbonyl (C=O) groups is 2. The van der Waals surface area contributed by atoms with Crippen molar-refractivity contribution in [3.63, 3.8) is 0 Å². The summed E-state index contributed by atoms with van der Waals surface area (Å²) >= 11 is 0. The van der Waals surface area contributed by atoms with E-state index in [4.69, 9.17) is 0 Å². The maximum atomic E-state index is 13.3. The number of carbonyl (C=O) groups excluding carboxylic acids is 2. The molecule has 2 heterocycles. The van der Waals surface area contributed by atoms with E-state index in [1.165, 1.54) is 5.56 Å². The number of nitrogens with zero attached hydrogens (tertiary/aromatic N) is 1. The standard InChI is InChI=1S/C24H29N3O2/c1-23(2,3)25-22(29)20-15-27(14-17-9-5-4-6-10-17)16-24(20)13-18-11-7-8-12-19(18)21(28)26-24/h4-12,20H,13-16H2,1-3H3,(H,25,29)(H,26,28)/t20-,24+/m0/s1. The van der Waals surface area contributed by atoms with Gasteiger partial charge >= 0.3 is 0 Å². The van der Waals surface area contributed by atoms with Crippen molar-refractivity contribution in [1.29, 1.82) is 0 Å². The summed E-state index contributed by atoms with van der Waals surface area (Å²) in [5.74, 6) is -0.377. The van der Waals surface area contributed by atoms with Gasteiger partial charge in [0, 0.05) is 30.7 Å². The van der Waals surface area contributed by atoms with Crippen LogP contribution in [-0.2, 0) is 17.8 Å². The summed E-state index contributed by atoms with van der Waals surface area (Å²) in [6.45, 7) is 8.01. The fraction of sp³-hybridized carbons (Fsp3) is 0.417. The Bertz CT molecular complexity index is 919. The number of nitrogens with one attached hydrogen (secondary N) is 2. The second-order valence-corrected chi connectivity index (χ2v) is 9.39. The SMILES string of the molecule is CC(C)(C)NC(=O)[C@@H]1CN(Cc2ccccc2)C[C@]12Cc1ccccc1C(=O)N2. The zero-order valence-electron chi connectivity index (χ0n) is 17.4. The summed E-state index contributed by atoms with van der Waals surface area (Å²) in [5.41, 5.74) is 2.04. The third kappa shape index (κ3) is 4.06. The number of likely N-dealkylation sites (tertiary alicyclic amines) is 1. The van der Waals surface area contributed by atoms with Crippen LogP contribution in [0, 0.1) is 5.92 Å². The maximum Gasteiger partial charge on any atom is 0.252 e. The van der Waals surface area contributed by atoms with Crippen LogP contribution in [0.1, 0.15) is 42.3 Å². The summed E-state index contributed by atoms with van der Waals surface area (Å²) in [7, 11) is 0. The van der Waals surface area contributed by atoms with Crippen molar-refractivity contribution in [2.24, 2.45) is 5.92 Å². The molecule has 4 rings (SSSR count). The predicted octanol–water partition coefficient (Wildman–Crippen LogP) is 2.76. The maximum absolute atomic E-state index is 13.3. The molecule has 2 amide bonds. The van der Waals surface area contributed by atoms with Gasteiger partial charge in [0.15, 0.2) is 0 Å². The molecule has 2 aromatic rings. The van der Waals surface area contributed by atoms with Crippen LogP contribution in [0.3, 0.4) is 0 Å². The molecule has 0 bridgehead atoms. The Morgan fingerprint density at radius 1 is 1.14 bits per heavy atom. The molecule has 0 unspecified atom stereocenters. The van der Waals surface area contributed by atoms with Crippen LogP contribution in [0.5, 0.6) is 0 Å². The van der Waals surface area contributed by atoms with Gasteiger partial charge in [0.2, 0.25) is 5.91 Å². The highest BCUT2D eigenvalue weighted by Gasteiger charge is 2.53. The quantitative estimate of drug-likeness (QED) is 0.846. The first-order valence-electron chi connectivity index (χ1n) is 10.2. The monoisotopic (exact) mass is 391 g/mol. The molecule has 1 fully saturated rings. The lowest BCUT2D eigenvalue weighted by molar-refractivity contribution is -0.127. The van der Waals surface area contributed by atoms with E-state index in [1.54, 1.807) is 0 Å². The highest BCUT2D eigenvalue weighted by atomic mass is 16.2. The van der Waals surface area contributed by atoms with E-state index in [-0.39, 0.29) is 23.3 Å². The van der Waals surface area contributed by atoms with Crippen LogP contribution in [-0.4, -0.2) is 40.9 Å². The topological polar surface area (TPSA) is 61.4 Å². The number of rotatable bonds is 3. The summed E-state index contributed by atoms with van der Waals surface area (Å²) < 4.78 is 0. The van der Waals surface area contributed by atoms with E-state index in [0.717, 1.165) is 17.7 Å². The number of hydrogen-bond acceptors (Lipinski definition) is 3. The lowest BCUT2D eigenvalue weighted by atomic mass is 9.76. The van der Waals surface area contributed by atoms with Crippen LogP contribution >= 0.6 is 0 Å². The first kappa shape index (κ1) is 19.6. The van der Waals surface area contributed by atoms with Crippen LogP contribution < -0.4 is 10.6 Å². The molecule has 2 aliphatic rings. The van der Waals surface area contributed by atoms with Crippen molar-refractivity contribution < 1.29 is 9.59 Å². The molecule has 2 N–H and O–H groups in total. The Balaban J connectivity index is 1.65. The van der Waals surface area contributed by atoms with Crippen molar-refractivity contribution in [1.82, 2.24) is 15.5 Å². The normalized spacial score (nSPS) is 24.2. The molecular formula is C24H29N3O2. The van der Waals surface area contributed by atoms with Crippen molar-refractivity contribution in [3.05, 3.63) is 71.3 Å². The summed E-state index contributed by atoms with van der Waals surface area (Å²) in [4.78, 5) is 28.5. The largest absolute Gasteiger partial charge is 0.351 e. The fourth-order valence-electron chi connectivity index (χ4n) is 4.64. The van der Waals surface area contributed by atoms with Crippen LogP contribution in [0.25, 0.3) is 0 Å². The molecule has 0 saturated carbocycles. The van der Waals surface area contributed by atoms with Crippen LogP contribution in [0.15, 0.2) is 54.6 Å². The first-order chi connectivity index (χ1) is 13.8. The lowest BCUT2D eigenvalue weighted by Crippen LogP contribution is -2.62. The van der Waals surface area contributed by atoms with Gasteiger partial charge in [0.25, 0.3) is 5.91 Å². The Labute approximate surface area is 172 Å². The molecule has 2 aliphatic heterocycles. The number of fused-ring (bicyclic) bond motifs is 1. The molecule has 0 aliphatic carbocycles. The number of hydrogen-bond donors (Lipinski definition) is 2. The van der Waals surface area contributed by atoms with Gasteiger partial charge in [-0.05, 0) is 44.4 Å². The Hall–Kier alpha value is -2.66. The smallest absolute Gasteiger partial charge is 0.252 e. The second-order valence-electron chi connectivity index (χ2n) is 9.39. The molecule has 1 saturated heterocycles. The van der Waals surface area contributed by atoms with Crippen LogP contribution in [0.2, 0.25) is 0 Å². The third-order valence-corrected chi connectivity index (χ3v) is 5.81. The van der Waals surface area contributed by atoms with E-state index in [0.29, 0.717) is 19.5 Å². The molecule has 5 heteroatoms. The van der Waals surface area contributed by atoms with Gasteiger partial charge in [-0.2, -0.15) is 0 Å². The average molecular weight is 392 g/mol. The molecule has 0 aromatic heterocycles. The minimum atomic E-state index is -0.588. The van der Waals surface area contributed by atoms with Crippen molar-refractivity contribution >= 4 is 11.8 Å². The van der Waals surface area contributed by atoms with Gasteiger partial charge in [0.1, 0.15) is 0 Å². The van der Waals surface area contributed by atoms with E-state index in [1.807, 2.05) is 63.2 Å². The molecule has 152 valence electrons. The molecule has 2 atom stereocenters. The van der Waals surface area contributed by atoms with Gasteiger partial charge in [-0.3, -0.25) is 14.5 Å². The molecule has 1 spiro atoms. The van der Waals surface area contributed by atoms with Gasteiger partial charge in [0.05, 0.1) is 11.5 Å². The minimum Gasteiger partial charge on any atom is -0.351 e. The third-order valence-electron chi connectivity index (χ3n) is 5.81. The highest BCUT2D eigenvalue weighted by Crippen LogP contribution is 2.36. The van der Waals surface area contributed by atoms with E-state index in [2.05, 4.69) is 27.7 Å². The number of benzene rings is 2. The van der Waals surface area contributed by atoms with Crippen molar-refractivity contribution in [2.45, 2.75) is 44.8 Å². The zero-order chi connectivity index (χ0) is 20.6. The summed E-state index contributed by atoms with van der Waals surface area (Å²) in [6.07, 6.45) is 0.669. The number of amides is 2. The lowest BCUT2D eigenvalue weighted by Gasteiger charge is -2.40. The first-order valence-corrected chi connectivity index (χ1v) is 10.2. The van der Waals surface area contributed by atoms with Crippen LogP contribution in [0.4, 0.5) is 0 Å². The van der Waals surface area contributed by atoms with Gasteiger partial charge < -0.3 is 10.6 Å². The van der Waals surface area contributed by atoms with E-state index in [9.17, 15) is 9.59 Å². The Kier molecular flexibility index (Phi) is 4.95. The molecule has 0 radical (unpaired) electrons. The average Bonchev–Trinajstić information content (AvgIpc) is 2.98. The van der Waals surface area contributed by atoms with E-state index >= 15 is 0 Å². The molecule has 5 nitrogen and oxygen atoms in total. The predicted molar refractivity (Wildman–Crippen MR) is 113 cm³/mol. The van der Waals surface area contributed by atoms with Gasteiger partial charge in [-0.15, -0.1) is 0 Å². The fourth-order valence-corrected chi connectivity index (χ4v) is 4.64. The Morgan fingerprint density at radius 3 is 2.55 bits per heavy atom. The second kappa shape index (κ2) is 7.30. The summed E-state index contributed by atoms with van der Waals surface area (Å²) in [5, 5.41) is 6.38. The van der Waals surface area contributed by atoms with E-state index < -0.39 is 5.54 Å². The molecule has 29 heavy (non-hydrogen) atoms. The zero-order valence-corrected chi connectivity index (χ0v) is 17.4. The Morgan fingerprint density at radius 2 is 1.83 bits per heavy atom. The van der Waals surface area contributed by atoms with Crippen molar-refractivity contribution in [3.8, 4) is 0 Å². The van der Waals surface area contributed by atoms with Crippen molar-refractivity contribution in [2.75, 3.05) is 13.1 Å². The minimum absolute atomic E-state index is 0.00717. The molecule has 2 aromatic carbocycles. The molecular weight excluding hydrogens is 362 g/mol. The summed E-state index contributed by atoms with van der Waals surface area (Å²) in [6, 6.07) is 18.0. The van der Waals surface area contributed by atoms with Gasteiger partial charge in [-0.25, -0.2) is 0 Å².